The largest absolute Gasteiger partial charge is 0.481 e. The quantitative estimate of drug-likeness (QED) is 0.771. The van der Waals surface area contributed by atoms with Gasteiger partial charge in [0.15, 0.2) is 6.10 Å². The fourth-order valence-electron chi connectivity index (χ4n) is 1.40. The first-order valence-electron chi connectivity index (χ1n) is 5.34. The van der Waals surface area contributed by atoms with E-state index in [4.69, 9.17) is 10.5 Å². The number of carbonyl (C=O) groups excluding carboxylic acids is 1. The van der Waals surface area contributed by atoms with E-state index in [9.17, 15) is 4.79 Å². The molecule has 0 aliphatic heterocycles. The summed E-state index contributed by atoms with van der Waals surface area (Å²) in [4.78, 5) is 11.3. The van der Waals surface area contributed by atoms with Gasteiger partial charge in [-0.25, -0.2) is 0 Å². The van der Waals surface area contributed by atoms with Crippen molar-refractivity contribution in [3.05, 3.63) is 29.8 Å². The second kappa shape index (κ2) is 6.12. The highest BCUT2D eigenvalue weighted by Gasteiger charge is 2.12. The molecule has 1 atom stereocenters. The maximum Gasteiger partial charge on any atom is 0.260 e. The van der Waals surface area contributed by atoms with E-state index in [-0.39, 0.29) is 5.91 Å². The van der Waals surface area contributed by atoms with E-state index >= 15 is 0 Å². The lowest BCUT2D eigenvalue weighted by molar-refractivity contribution is -0.126. The minimum atomic E-state index is -0.488. The smallest absolute Gasteiger partial charge is 0.260 e. The molecule has 16 heavy (non-hydrogen) atoms. The molecular formula is C12H18N2O2. The van der Waals surface area contributed by atoms with Crippen LogP contribution in [0.15, 0.2) is 24.3 Å². The number of nitrogens with one attached hydrogen (secondary N) is 1. The molecule has 0 heterocycles. The predicted molar refractivity (Wildman–Crippen MR) is 63.4 cm³/mol. The standard InChI is InChI=1S/C12H18N2O2/c1-9(12(15)14-2)16-11-5-3-4-10(8-11)6-7-13/h3-5,8-9H,6-7,13H2,1-2H3,(H,14,15). The summed E-state index contributed by atoms with van der Waals surface area (Å²) < 4.78 is 5.50. The van der Waals surface area contributed by atoms with Crippen molar-refractivity contribution in [3.8, 4) is 5.75 Å². The molecule has 3 N–H and O–H groups in total. The molecule has 0 spiro atoms. The summed E-state index contributed by atoms with van der Waals surface area (Å²) in [5, 5.41) is 2.54. The maximum atomic E-state index is 11.3. The van der Waals surface area contributed by atoms with Gasteiger partial charge in [-0.2, -0.15) is 0 Å². The minimum Gasteiger partial charge on any atom is -0.481 e. The Bertz CT molecular complexity index is 353. The molecule has 1 aromatic carbocycles. The Labute approximate surface area is 95.8 Å². The van der Waals surface area contributed by atoms with Gasteiger partial charge in [-0.1, -0.05) is 12.1 Å². The van der Waals surface area contributed by atoms with Gasteiger partial charge in [-0.05, 0) is 37.6 Å². The lowest BCUT2D eigenvalue weighted by Gasteiger charge is -2.13. The highest BCUT2D eigenvalue weighted by molar-refractivity contribution is 5.80. The second-order valence-corrected chi connectivity index (χ2v) is 3.56. The van der Waals surface area contributed by atoms with Crippen molar-refractivity contribution in [1.82, 2.24) is 5.32 Å². The Balaban J connectivity index is 2.66. The average Bonchev–Trinajstić information content (AvgIpc) is 2.29. The summed E-state index contributed by atoms with van der Waals surface area (Å²) in [5.41, 5.74) is 6.59. The van der Waals surface area contributed by atoms with Crippen molar-refractivity contribution in [2.45, 2.75) is 19.4 Å². The van der Waals surface area contributed by atoms with Crippen LogP contribution in [0.4, 0.5) is 0 Å². The van der Waals surface area contributed by atoms with Crippen molar-refractivity contribution in [3.63, 3.8) is 0 Å². The zero-order valence-electron chi connectivity index (χ0n) is 9.69. The number of rotatable bonds is 5. The molecule has 1 unspecified atom stereocenters. The Hall–Kier alpha value is -1.55. The monoisotopic (exact) mass is 222 g/mol. The summed E-state index contributed by atoms with van der Waals surface area (Å²) in [7, 11) is 1.59. The van der Waals surface area contributed by atoms with Crippen LogP contribution >= 0.6 is 0 Å². The van der Waals surface area contributed by atoms with Crippen molar-refractivity contribution in [2.24, 2.45) is 5.73 Å². The van der Waals surface area contributed by atoms with Crippen molar-refractivity contribution < 1.29 is 9.53 Å². The molecule has 1 rings (SSSR count). The van der Waals surface area contributed by atoms with Crippen LogP contribution in [0.1, 0.15) is 12.5 Å². The van der Waals surface area contributed by atoms with E-state index in [2.05, 4.69) is 5.32 Å². The van der Waals surface area contributed by atoms with Gasteiger partial charge < -0.3 is 15.8 Å². The summed E-state index contributed by atoms with van der Waals surface area (Å²) >= 11 is 0. The van der Waals surface area contributed by atoms with E-state index in [1.54, 1.807) is 14.0 Å². The molecule has 0 saturated heterocycles. The van der Waals surface area contributed by atoms with E-state index in [1.807, 2.05) is 24.3 Å². The predicted octanol–water partition coefficient (Wildman–Crippen LogP) is 0.701. The number of benzene rings is 1. The van der Waals surface area contributed by atoms with E-state index in [0.29, 0.717) is 12.3 Å². The fraction of sp³-hybridized carbons (Fsp3) is 0.417. The highest BCUT2D eigenvalue weighted by Crippen LogP contribution is 2.15. The van der Waals surface area contributed by atoms with Gasteiger partial charge in [0.1, 0.15) is 5.75 Å². The molecule has 4 nitrogen and oxygen atoms in total. The number of hydrogen-bond acceptors (Lipinski definition) is 3. The number of carbonyl (C=O) groups is 1. The van der Waals surface area contributed by atoms with Gasteiger partial charge in [0.25, 0.3) is 5.91 Å². The maximum absolute atomic E-state index is 11.3. The third-order valence-corrected chi connectivity index (χ3v) is 2.26. The van der Waals surface area contributed by atoms with Crippen LogP contribution in [0.3, 0.4) is 0 Å². The molecule has 0 saturated carbocycles. The Kier molecular flexibility index (Phi) is 4.79. The van der Waals surface area contributed by atoms with Crippen LogP contribution in [0.5, 0.6) is 5.75 Å². The van der Waals surface area contributed by atoms with E-state index < -0.39 is 6.10 Å². The number of ether oxygens (including phenoxy) is 1. The molecule has 0 aliphatic rings. The third-order valence-electron chi connectivity index (χ3n) is 2.26. The van der Waals surface area contributed by atoms with Gasteiger partial charge in [0.05, 0.1) is 0 Å². The lowest BCUT2D eigenvalue weighted by Crippen LogP contribution is -2.33. The second-order valence-electron chi connectivity index (χ2n) is 3.56. The van der Waals surface area contributed by atoms with Gasteiger partial charge in [0, 0.05) is 7.05 Å². The third kappa shape index (κ3) is 3.55. The molecule has 0 bridgehead atoms. The van der Waals surface area contributed by atoms with Crippen LogP contribution in [0.2, 0.25) is 0 Å². The van der Waals surface area contributed by atoms with Gasteiger partial charge in [-0.15, -0.1) is 0 Å². The number of likely N-dealkylation sites (N-methyl/N-ethyl adjacent to an activating group) is 1. The molecule has 0 fully saturated rings. The molecule has 0 aliphatic carbocycles. The first-order valence-corrected chi connectivity index (χ1v) is 5.34. The van der Waals surface area contributed by atoms with Crippen molar-refractivity contribution >= 4 is 5.91 Å². The number of amides is 1. The molecule has 4 heteroatoms. The molecule has 88 valence electrons. The molecule has 0 radical (unpaired) electrons. The molecule has 1 aromatic rings. The Morgan fingerprint density at radius 3 is 2.94 bits per heavy atom. The van der Waals surface area contributed by atoms with Crippen LogP contribution in [-0.2, 0) is 11.2 Å². The van der Waals surface area contributed by atoms with Crippen LogP contribution in [-0.4, -0.2) is 25.6 Å². The van der Waals surface area contributed by atoms with Crippen molar-refractivity contribution in [2.75, 3.05) is 13.6 Å². The zero-order chi connectivity index (χ0) is 12.0. The summed E-state index contributed by atoms with van der Waals surface area (Å²) in [6.07, 6.45) is 0.323. The Morgan fingerprint density at radius 2 is 2.31 bits per heavy atom. The summed E-state index contributed by atoms with van der Waals surface area (Å²) in [5.74, 6) is 0.561. The molecule has 0 aromatic heterocycles. The summed E-state index contributed by atoms with van der Waals surface area (Å²) in [6.45, 7) is 2.32. The number of hydrogen-bond donors (Lipinski definition) is 2. The van der Waals surface area contributed by atoms with E-state index in [0.717, 1.165) is 12.0 Å². The van der Waals surface area contributed by atoms with Crippen LogP contribution in [0.25, 0.3) is 0 Å². The normalized spacial score (nSPS) is 11.9. The SMILES string of the molecule is CNC(=O)C(C)Oc1cccc(CCN)c1. The fourth-order valence-corrected chi connectivity index (χ4v) is 1.40. The first kappa shape index (κ1) is 12.5. The highest BCUT2D eigenvalue weighted by atomic mass is 16.5. The van der Waals surface area contributed by atoms with E-state index in [1.165, 1.54) is 0 Å². The van der Waals surface area contributed by atoms with Gasteiger partial charge in [-0.3, -0.25) is 4.79 Å². The number of nitrogens with two attached hydrogens (primary N) is 1. The average molecular weight is 222 g/mol. The van der Waals surface area contributed by atoms with Crippen LogP contribution in [0, 0.1) is 0 Å². The van der Waals surface area contributed by atoms with Gasteiger partial charge in [0.2, 0.25) is 0 Å². The summed E-state index contributed by atoms with van der Waals surface area (Å²) in [6, 6.07) is 7.63. The molecular weight excluding hydrogens is 204 g/mol. The first-order chi connectivity index (χ1) is 7.67. The topological polar surface area (TPSA) is 64.3 Å². The lowest BCUT2D eigenvalue weighted by atomic mass is 10.1. The molecule has 1 amide bonds. The van der Waals surface area contributed by atoms with Crippen molar-refractivity contribution in [1.29, 1.82) is 0 Å². The van der Waals surface area contributed by atoms with Crippen LogP contribution < -0.4 is 15.8 Å². The Morgan fingerprint density at radius 1 is 1.56 bits per heavy atom. The minimum absolute atomic E-state index is 0.135. The van der Waals surface area contributed by atoms with Gasteiger partial charge >= 0.3 is 0 Å². The zero-order valence-corrected chi connectivity index (χ0v) is 9.69.